The number of anilines is 1. The first-order valence-corrected chi connectivity index (χ1v) is 6.33. The first-order chi connectivity index (χ1) is 8.04. The van der Waals surface area contributed by atoms with Gasteiger partial charge in [-0.1, -0.05) is 34.8 Å². The highest BCUT2D eigenvalue weighted by molar-refractivity contribution is 6.44. The predicted molar refractivity (Wildman–Crippen MR) is 73.3 cm³/mol. The molecule has 0 saturated heterocycles. The third-order valence-corrected chi connectivity index (χ3v) is 3.09. The van der Waals surface area contributed by atoms with E-state index in [1.54, 1.807) is 12.1 Å². The van der Waals surface area contributed by atoms with Gasteiger partial charge in [-0.05, 0) is 19.1 Å². The van der Waals surface area contributed by atoms with Gasteiger partial charge in [0.25, 0.3) is 0 Å². The Hall–Kier alpha value is -0.640. The lowest BCUT2D eigenvalue weighted by Gasteiger charge is -2.09. The van der Waals surface area contributed by atoms with Crippen LogP contribution in [0.1, 0.15) is 13.3 Å². The summed E-state index contributed by atoms with van der Waals surface area (Å²) in [5, 5.41) is 7.06. The second kappa shape index (κ2) is 6.94. The van der Waals surface area contributed by atoms with Crippen LogP contribution >= 0.6 is 34.8 Å². The summed E-state index contributed by atoms with van der Waals surface area (Å²) in [4.78, 5) is 11.2. The number of halogens is 3. The van der Waals surface area contributed by atoms with Crippen molar-refractivity contribution in [3.8, 4) is 0 Å². The van der Waals surface area contributed by atoms with Crippen molar-refractivity contribution in [1.82, 2.24) is 5.32 Å². The summed E-state index contributed by atoms with van der Waals surface area (Å²) in [5.41, 5.74) is 0.672. The molecule has 1 rings (SSSR count). The Balaban J connectivity index is 2.52. The van der Waals surface area contributed by atoms with E-state index in [1.165, 1.54) is 0 Å². The van der Waals surface area contributed by atoms with Gasteiger partial charge in [-0.15, -0.1) is 0 Å². The van der Waals surface area contributed by atoms with Gasteiger partial charge in [0.15, 0.2) is 0 Å². The monoisotopic (exact) mass is 294 g/mol. The van der Waals surface area contributed by atoms with Gasteiger partial charge in [-0.3, -0.25) is 4.79 Å². The molecule has 6 heteroatoms. The number of carbonyl (C=O) groups excluding carboxylic acids is 1. The second-order valence-electron chi connectivity index (χ2n) is 3.38. The Bertz CT molecular complexity index is 410. The highest BCUT2D eigenvalue weighted by Crippen LogP contribution is 2.32. The van der Waals surface area contributed by atoms with Crippen LogP contribution in [0.25, 0.3) is 0 Å². The van der Waals surface area contributed by atoms with Crippen LogP contribution in [-0.2, 0) is 4.79 Å². The predicted octanol–water partition coefficient (Wildman–Crippen LogP) is 3.58. The van der Waals surface area contributed by atoms with E-state index in [4.69, 9.17) is 34.8 Å². The third-order valence-electron chi connectivity index (χ3n) is 2.05. The zero-order chi connectivity index (χ0) is 12.8. The quantitative estimate of drug-likeness (QED) is 0.815. The van der Waals surface area contributed by atoms with Crippen LogP contribution in [0, 0.1) is 0 Å². The summed E-state index contributed by atoms with van der Waals surface area (Å²) >= 11 is 17.6. The number of hydrogen-bond donors (Lipinski definition) is 2. The summed E-state index contributed by atoms with van der Waals surface area (Å²) in [6, 6.07) is 3.21. The molecule has 0 bridgehead atoms. The molecule has 17 heavy (non-hydrogen) atoms. The zero-order valence-electron chi connectivity index (χ0n) is 9.32. The molecular weight excluding hydrogens is 282 g/mol. The van der Waals surface area contributed by atoms with E-state index in [2.05, 4.69) is 10.6 Å². The Morgan fingerprint density at radius 2 is 1.82 bits per heavy atom. The van der Waals surface area contributed by atoms with Gasteiger partial charge in [0, 0.05) is 19.5 Å². The maximum absolute atomic E-state index is 11.2. The minimum atomic E-state index is -0.00353. The Morgan fingerprint density at radius 1 is 1.18 bits per heavy atom. The molecule has 0 heterocycles. The van der Waals surface area contributed by atoms with E-state index in [9.17, 15) is 4.79 Å². The van der Waals surface area contributed by atoms with Crippen molar-refractivity contribution in [2.45, 2.75) is 13.3 Å². The minimum Gasteiger partial charge on any atom is -0.383 e. The lowest BCUT2D eigenvalue weighted by molar-refractivity contribution is -0.120. The number of nitrogens with one attached hydrogen (secondary N) is 2. The summed E-state index contributed by atoms with van der Waals surface area (Å²) < 4.78 is 0. The fraction of sp³-hybridized carbons (Fsp3) is 0.364. The summed E-state index contributed by atoms with van der Waals surface area (Å²) in [6.45, 7) is 3.00. The molecule has 0 aliphatic heterocycles. The van der Waals surface area contributed by atoms with Crippen molar-refractivity contribution < 1.29 is 4.79 Å². The summed E-state index contributed by atoms with van der Waals surface area (Å²) in [6.07, 6.45) is 0.379. The molecule has 0 radical (unpaired) electrons. The van der Waals surface area contributed by atoms with Crippen molar-refractivity contribution in [1.29, 1.82) is 0 Å². The maximum atomic E-state index is 11.2. The smallest absolute Gasteiger partial charge is 0.221 e. The third kappa shape index (κ3) is 4.62. The van der Waals surface area contributed by atoms with Gasteiger partial charge in [-0.25, -0.2) is 0 Å². The molecule has 1 aromatic rings. The molecule has 0 aliphatic carbocycles. The molecule has 3 nitrogen and oxygen atoms in total. The normalized spacial score (nSPS) is 10.1. The number of carbonyl (C=O) groups is 1. The molecule has 0 unspecified atom stereocenters. The van der Waals surface area contributed by atoms with E-state index in [1.807, 2.05) is 6.92 Å². The van der Waals surface area contributed by atoms with Crippen molar-refractivity contribution >= 4 is 46.4 Å². The van der Waals surface area contributed by atoms with Crippen LogP contribution in [0.2, 0.25) is 15.1 Å². The fourth-order valence-corrected chi connectivity index (χ4v) is 1.87. The highest BCUT2D eigenvalue weighted by Gasteiger charge is 2.06. The first kappa shape index (κ1) is 14.4. The first-order valence-electron chi connectivity index (χ1n) is 5.19. The van der Waals surface area contributed by atoms with Gasteiger partial charge in [-0.2, -0.15) is 0 Å². The maximum Gasteiger partial charge on any atom is 0.221 e. The summed E-state index contributed by atoms with van der Waals surface area (Å²) in [7, 11) is 0. The standard InChI is InChI=1S/C11H13Cl3N2O/c1-2-15-11(17)3-4-16-10-6-8(13)7(12)5-9(10)14/h5-6,16H,2-4H2,1H3,(H,15,17). The number of amides is 1. The van der Waals surface area contributed by atoms with Gasteiger partial charge < -0.3 is 10.6 Å². The van der Waals surface area contributed by atoms with E-state index >= 15 is 0 Å². The summed E-state index contributed by atoms with van der Waals surface area (Å²) in [5.74, 6) is -0.00353. The van der Waals surface area contributed by atoms with Crippen LogP contribution in [0.5, 0.6) is 0 Å². The molecule has 1 amide bonds. The molecule has 0 aromatic heterocycles. The molecule has 0 fully saturated rings. The lowest BCUT2D eigenvalue weighted by atomic mass is 10.3. The van der Waals surface area contributed by atoms with Gasteiger partial charge in [0.1, 0.15) is 0 Å². The number of hydrogen-bond acceptors (Lipinski definition) is 2. The lowest BCUT2D eigenvalue weighted by Crippen LogP contribution is -2.24. The van der Waals surface area contributed by atoms with Crippen molar-refractivity contribution in [3.05, 3.63) is 27.2 Å². The SMILES string of the molecule is CCNC(=O)CCNc1cc(Cl)c(Cl)cc1Cl. The Labute approximate surface area is 115 Å². The van der Waals surface area contributed by atoms with Gasteiger partial charge >= 0.3 is 0 Å². The van der Waals surface area contributed by atoms with Crippen LogP contribution in [0.4, 0.5) is 5.69 Å². The van der Waals surface area contributed by atoms with Crippen LogP contribution < -0.4 is 10.6 Å². The zero-order valence-corrected chi connectivity index (χ0v) is 11.6. The van der Waals surface area contributed by atoms with Crippen molar-refractivity contribution in [2.24, 2.45) is 0 Å². The Kier molecular flexibility index (Phi) is 5.89. The molecule has 0 atom stereocenters. The fourth-order valence-electron chi connectivity index (χ4n) is 1.25. The van der Waals surface area contributed by atoms with Crippen molar-refractivity contribution in [2.75, 3.05) is 18.4 Å². The largest absolute Gasteiger partial charge is 0.383 e. The number of benzene rings is 1. The molecule has 0 spiro atoms. The van der Waals surface area contributed by atoms with E-state index in [-0.39, 0.29) is 5.91 Å². The van der Waals surface area contributed by atoms with Crippen molar-refractivity contribution in [3.63, 3.8) is 0 Å². The average molecular weight is 296 g/mol. The molecule has 2 N–H and O–H groups in total. The second-order valence-corrected chi connectivity index (χ2v) is 4.60. The highest BCUT2D eigenvalue weighted by atomic mass is 35.5. The molecule has 0 saturated carbocycles. The molecular formula is C11H13Cl3N2O. The van der Waals surface area contributed by atoms with Crippen LogP contribution in [0.3, 0.4) is 0 Å². The van der Waals surface area contributed by atoms with Crippen LogP contribution in [0.15, 0.2) is 12.1 Å². The van der Waals surface area contributed by atoms with Crippen LogP contribution in [-0.4, -0.2) is 19.0 Å². The minimum absolute atomic E-state index is 0.00353. The topological polar surface area (TPSA) is 41.1 Å². The number of rotatable bonds is 5. The Morgan fingerprint density at radius 3 is 2.47 bits per heavy atom. The van der Waals surface area contributed by atoms with E-state index < -0.39 is 0 Å². The molecule has 94 valence electrons. The molecule has 1 aromatic carbocycles. The van der Waals surface area contributed by atoms with Gasteiger partial charge in [0.05, 0.1) is 20.8 Å². The molecule has 0 aliphatic rings. The van der Waals surface area contributed by atoms with Gasteiger partial charge in [0.2, 0.25) is 5.91 Å². The van der Waals surface area contributed by atoms with E-state index in [0.29, 0.717) is 40.3 Å². The van der Waals surface area contributed by atoms with E-state index in [0.717, 1.165) is 0 Å². The average Bonchev–Trinajstić information content (AvgIpc) is 2.26.